The van der Waals surface area contributed by atoms with Crippen LogP contribution in [0.4, 0.5) is 5.69 Å². The van der Waals surface area contributed by atoms with Crippen molar-refractivity contribution in [1.82, 2.24) is 5.43 Å². The molecule has 1 amide bonds. The quantitative estimate of drug-likeness (QED) is 0.618. The fourth-order valence-electron chi connectivity index (χ4n) is 2.10. The normalized spacial score (nSPS) is 11.5. The molecule has 0 unspecified atom stereocenters. The first kappa shape index (κ1) is 19.0. The van der Waals surface area contributed by atoms with E-state index < -0.39 is 15.9 Å². The number of nitrogens with zero attached hydrogens (tertiary/aromatic N) is 2. The van der Waals surface area contributed by atoms with E-state index in [2.05, 4.69) is 10.5 Å². The number of benzene rings is 2. The summed E-state index contributed by atoms with van der Waals surface area (Å²) in [5, 5.41) is 4.32. The Hall–Kier alpha value is -2.38. The number of hydrazone groups is 1. The van der Waals surface area contributed by atoms with Gasteiger partial charge in [-0.3, -0.25) is 9.10 Å². The zero-order valence-corrected chi connectivity index (χ0v) is 15.4. The van der Waals surface area contributed by atoms with E-state index in [0.29, 0.717) is 16.3 Å². The van der Waals surface area contributed by atoms with Crippen LogP contribution in [0.15, 0.2) is 53.6 Å². The van der Waals surface area contributed by atoms with Crippen molar-refractivity contribution >= 4 is 39.4 Å². The number of carbonyl (C=O) groups excluding carboxylic acids is 1. The van der Waals surface area contributed by atoms with Gasteiger partial charge in [0.05, 0.1) is 18.2 Å². The van der Waals surface area contributed by atoms with Gasteiger partial charge in [0.2, 0.25) is 10.0 Å². The smallest absolute Gasteiger partial charge is 0.260 e. The van der Waals surface area contributed by atoms with Crippen LogP contribution in [0.25, 0.3) is 0 Å². The Morgan fingerprint density at radius 3 is 2.60 bits per heavy atom. The number of sulfonamides is 1. The van der Waals surface area contributed by atoms with Gasteiger partial charge in [-0.25, -0.2) is 13.8 Å². The average Bonchev–Trinajstić information content (AvgIpc) is 2.53. The van der Waals surface area contributed by atoms with E-state index in [1.54, 1.807) is 42.5 Å². The fraction of sp³-hybridized carbons (Fsp3) is 0.176. The number of rotatable bonds is 6. The number of nitrogens with one attached hydrogen (secondary N) is 1. The highest BCUT2D eigenvalue weighted by Crippen LogP contribution is 2.18. The first-order valence-corrected chi connectivity index (χ1v) is 9.61. The zero-order valence-electron chi connectivity index (χ0n) is 13.8. The molecule has 8 heteroatoms. The Morgan fingerprint density at radius 1 is 1.24 bits per heavy atom. The maximum Gasteiger partial charge on any atom is 0.260 e. The van der Waals surface area contributed by atoms with Crippen LogP contribution < -0.4 is 9.73 Å². The summed E-state index contributed by atoms with van der Waals surface area (Å²) >= 11 is 5.99. The van der Waals surface area contributed by atoms with Crippen LogP contribution in [-0.4, -0.2) is 33.3 Å². The van der Waals surface area contributed by atoms with Crippen LogP contribution in [0.2, 0.25) is 5.02 Å². The molecule has 25 heavy (non-hydrogen) atoms. The van der Waals surface area contributed by atoms with Crippen molar-refractivity contribution in [3.05, 3.63) is 64.7 Å². The van der Waals surface area contributed by atoms with E-state index in [-0.39, 0.29) is 6.54 Å². The molecule has 0 aliphatic carbocycles. The molecular weight excluding hydrogens is 362 g/mol. The van der Waals surface area contributed by atoms with Gasteiger partial charge in [0.1, 0.15) is 6.54 Å². The third-order valence-electron chi connectivity index (χ3n) is 3.28. The number of amides is 1. The van der Waals surface area contributed by atoms with Gasteiger partial charge in [0.15, 0.2) is 0 Å². The average molecular weight is 380 g/mol. The van der Waals surface area contributed by atoms with Gasteiger partial charge < -0.3 is 0 Å². The van der Waals surface area contributed by atoms with Gasteiger partial charge in [-0.05, 0) is 30.7 Å². The van der Waals surface area contributed by atoms with Gasteiger partial charge in [0, 0.05) is 10.6 Å². The molecule has 0 saturated heterocycles. The van der Waals surface area contributed by atoms with Gasteiger partial charge in [0.25, 0.3) is 5.91 Å². The van der Waals surface area contributed by atoms with Crippen LogP contribution in [0.3, 0.4) is 0 Å². The molecule has 0 bridgehead atoms. The van der Waals surface area contributed by atoms with E-state index >= 15 is 0 Å². The third-order valence-corrected chi connectivity index (χ3v) is 4.76. The van der Waals surface area contributed by atoms with Crippen LogP contribution in [0.5, 0.6) is 0 Å². The molecule has 0 fully saturated rings. The Bertz CT molecular complexity index is 898. The van der Waals surface area contributed by atoms with Gasteiger partial charge >= 0.3 is 0 Å². The standard InChI is InChI=1S/C17H18ClN3O3S/c1-13-6-5-8-15(10-13)21(25(2,23)24)12-17(22)20-19-11-14-7-3-4-9-16(14)18/h3-11H,12H2,1-2H3,(H,20,22)/b19-11-. The molecule has 2 aromatic rings. The van der Waals surface area contributed by atoms with Crippen LogP contribution in [-0.2, 0) is 14.8 Å². The Morgan fingerprint density at radius 2 is 1.96 bits per heavy atom. The van der Waals surface area contributed by atoms with Crippen molar-refractivity contribution in [2.45, 2.75) is 6.92 Å². The molecule has 0 heterocycles. The second kappa shape index (κ2) is 8.13. The molecule has 2 aromatic carbocycles. The summed E-state index contributed by atoms with van der Waals surface area (Å²) in [4.78, 5) is 12.1. The van der Waals surface area contributed by atoms with Crippen LogP contribution >= 0.6 is 11.6 Å². The van der Waals surface area contributed by atoms with Crippen LogP contribution in [0.1, 0.15) is 11.1 Å². The summed E-state index contributed by atoms with van der Waals surface area (Å²) in [5.74, 6) is -0.560. The molecule has 0 aliphatic heterocycles. The van der Waals surface area contributed by atoms with Crippen molar-refractivity contribution in [1.29, 1.82) is 0 Å². The largest absolute Gasteiger partial charge is 0.271 e. The van der Waals surface area contributed by atoms with Crippen molar-refractivity contribution < 1.29 is 13.2 Å². The topological polar surface area (TPSA) is 78.8 Å². The Balaban J connectivity index is 2.09. The van der Waals surface area contributed by atoms with E-state index in [9.17, 15) is 13.2 Å². The van der Waals surface area contributed by atoms with Gasteiger partial charge in [-0.1, -0.05) is 41.9 Å². The number of halogens is 1. The Kier molecular flexibility index (Phi) is 6.17. The SMILES string of the molecule is Cc1cccc(N(CC(=O)N/N=C\c2ccccc2Cl)S(C)(=O)=O)c1. The summed E-state index contributed by atoms with van der Waals surface area (Å²) in [6.45, 7) is 1.47. The lowest BCUT2D eigenvalue weighted by Crippen LogP contribution is -2.39. The molecule has 0 radical (unpaired) electrons. The number of hydrogen-bond donors (Lipinski definition) is 1. The minimum absolute atomic E-state index is 0.373. The third kappa shape index (κ3) is 5.58. The number of carbonyl (C=O) groups is 1. The summed E-state index contributed by atoms with van der Waals surface area (Å²) < 4.78 is 25.0. The molecule has 0 saturated carbocycles. The van der Waals surface area contributed by atoms with Gasteiger partial charge in [-0.2, -0.15) is 5.10 Å². The number of anilines is 1. The minimum atomic E-state index is -3.61. The predicted octanol–water partition coefficient (Wildman–Crippen LogP) is 2.56. The summed E-state index contributed by atoms with van der Waals surface area (Å²) in [5.41, 5.74) is 4.27. The lowest BCUT2D eigenvalue weighted by molar-refractivity contribution is -0.119. The highest BCUT2D eigenvalue weighted by molar-refractivity contribution is 7.92. The molecule has 0 aromatic heterocycles. The van der Waals surface area contributed by atoms with E-state index in [1.807, 2.05) is 13.0 Å². The molecular formula is C17H18ClN3O3S. The zero-order chi connectivity index (χ0) is 18.4. The minimum Gasteiger partial charge on any atom is -0.271 e. The van der Waals surface area contributed by atoms with E-state index in [1.165, 1.54) is 6.21 Å². The molecule has 1 N–H and O–H groups in total. The maximum atomic E-state index is 12.1. The molecule has 6 nitrogen and oxygen atoms in total. The number of hydrogen-bond acceptors (Lipinski definition) is 4. The fourth-order valence-corrected chi connectivity index (χ4v) is 3.14. The monoisotopic (exact) mass is 379 g/mol. The Labute approximate surface area is 152 Å². The summed E-state index contributed by atoms with van der Waals surface area (Å²) in [7, 11) is -3.61. The summed E-state index contributed by atoms with van der Waals surface area (Å²) in [6, 6.07) is 13.9. The first-order chi connectivity index (χ1) is 11.8. The summed E-state index contributed by atoms with van der Waals surface area (Å²) in [6.07, 6.45) is 2.45. The highest BCUT2D eigenvalue weighted by Gasteiger charge is 2.20. The molecule has 0 aliphatic rings. The molecule has 2 rings (SSSR count). The van der Waals surface area contributed by atoms with Gasteiger partial charge in [-0.15, -0.1) is 0 Å². The van der Waals surface area contributed by atoms with Crippen molar-refractivity contribution in [3.63, 3.8) is 0 Å². The second-order valence-electron chi connectivity index (χ2n) is 5.42. The lowest BCUT2D eigenvalue weighted by atomic mass is 10.2. The van der Waals surface area contributed by atoms with Crippen LogP contribution in [0, 0.1) is 6.92 Å². The maximum absolute atomic E-state index is 12.1. The second-order valence-corrected chi connectivity index (χ2v) is 7.74. The lowest BCUT2D eigenvalue weighted by Gasteiger charge is -2.21. The number of aryl methyl sites for hydroxylation is 1. The van der Waals surface area contributed by atoms with Crippen molar-refractivity contribution in [2.24, 2.45) is 5.10 Å². The van der Waals surface area contributed by atoms with E-state index in [0.717, 1.165) is 16.1 Å². The highest BCUT2D eigenvalue weighted by atomic mass is 35.5. The predicted molar refractivity (Wildman–Crippen MR) is 101 cm³/mol. The van der Waals surface area contributed by atoms with Crippen molar-refractivity contribution in [3.8, 4) is 0 Å². The first-order valence-electron chi connectivity index (χ1n) is 7.38. The van der Waals surface area contributed by atoms with E-state index in [4.69, 9.17) is 11.6 Å². The molecule has 0 spiro atoms. The van der Waals surface area contributed by atoms with Crippen molar-refractivity contribution in [2.75, 3.05) is 17.1 Å². The molecule has 0 atom stereocenters. The molecule has 132 valence electrons.